The van der Waals surface area contributed by atoms with Crippen molar-refractivity contribution in [1.29, 1.82) is 0 Å². The Hall–Kier alpha value is -3.81. The largest absolute Gasteiger partial charge is 0.361 e. The van der Waals surface area contributed by atoms with Crippen molar-refractivity contribution in [2.75, 3.05) is 27.2 Å². The number of nitrogens with one attached hydrogen (secondary N) is 3. The number of urea groups is 1. The number of likely N-dealkylation sites (N-methyl/N-ethyl adjacent to an activating group) is 1. The van der Waals surface area contributed by atoms with E-state index in [9.17, 15) is 14.4 Å². The highest BCUT2D eigenvalue weighted by atomic mass is 16.2. The first-order chi connectivity index (χ1) is 19.8. The smallest absolute Gasteiger partial charge is 0.315 e. The first-order valence-electron chi connectivity index (χ1n) is 15.1. The molecule has 6 rings (SSSR count). The van der Waals surface area contributed by atoms with Gasteiger partial charge >= 0.3 is 6.03 Å². The predicted molar refractivity (Wildman–Crippen MR) is 160 cm³/mol. The Morgan fingerprint density at radius 3 is 2.49 bits per heavy atom. The molecule has 4 amide bonds. The molecule has 0 bridgehead atoms. The van der Waals surface area contributed by atoms with Crippen molar-refractivity contribution >= 4 is 28.7 Å². The number of piperidine rings is 1. The predicted octanol–water partition coefficient (Wildman–Crippen LogP) is 4.46. The lowest BCUT2D eigenvalue weighted by Gasteiger charge is -2.41. The maximum absolute atomic E-state index is 14.1. The van der Waals surface area contributed by atoms with Gasteiger partial charge in [0.25, 0.3) is 0 Å². The van der Waals surface area contributed by atoms with E-state index in [0.29, 0.717) is 19.5 Å². The lowest BCUT2D eigenvalue weighted by molar-refractivity contribution is -0.135. The Morgan fingerprint density at radius 1 is 1.02 bits per heavy atom. The third-order valence-electron chi connectivity index (χ3n) is 9.67. The molecule has 0 radical (unpaired) electrons. The molecule has 1 saturated heterocycles. The van der Waals surface area contributed by atoms with E-state index in [4.69, 9.17) is 0 Å². The van der Waals surface area contributed by atoms with Crippen LogP contribution >= 0.6 is 0 Å². The summed E-state index contributed by atoms with van der Waals surface area (Å²) in [7, 11) is 3.64. The molecule has 1 saturated carbocycles. The summed E-state index contributed by atoms with van der Waals surface area (Å²) in [4.78, 5) is 47.1. The van der Waals surface area contributed by atoms with E-state index in [-0.39, 0.29) is 35.2 Å². The minimum absolute atomic E-state index is 0.0427. The van der Waals surface area contributed by atoms with Crippen LogP contribution in [0.2, 0.25) is 0 Å². The molecule has 2 atom stereocenters. The Balaban J connectivity index is 1.19. The van der Waals surface area contributed by atoms with Crippen molar-refractivity contribution in [1.82, 2.24) is 25.4 Å². The van der Waals surface area contributed by atoms with Crippen LogP contribution in [0, 0.1) is 0 Å². The van der Waals surface area contributed by atoms with Crippen molar-refractivity contribution in [3.63, 3.8) is 0 Å². The third kappa shape index (κ3) is 5.32. The molecule has 8 nitrogen and oxygen atoms in total. The van der Waals surface area contributed by atoms with Gasteiger partial charge in [-0.2, -0.15) is 0 Å². The number of hydrogen-bond acceptors (Lipinski definition) is 3. The van der Waals surface area contributed by atoms with Crippen LogP contribution in [-0.4, -0.2) is 71.9 Å². The molecule has 1 spiro atoms. The molecule has 3 N–H and O–H groups in total. The molecule has 8 heteroatoms. The minimum Gasteiger partial charge on any atom is -0.361 e. The van der Waals surface area contributed by atoms with Gasteiger partial charge in [-0.15, -0.1) is 0 Å². The SMILES string of the molecule is CN(C)C(=O)[C@@H]1CC2(CCN(C(=O)C(Cc3c[nH]c4ccccc34)NC(=O)NC3CCCC3)CC2)c2ccccc21. The molecular formula is C33H41N5O3. The van der Waals surface area contributed by atoms with E-state index in [1.807, 2.05) is 49.5 Å². The number of para-hydroxylation sites is 1. The van der Waals surface area contributed by atoms with E-state index < -0.39 is 6.04 Å². The summed E-state index contributed by atoms with van der Waals surface area (Å²) in [5.74, 6) is -0.0398. The molecule has 2 aliphatic carbocycles. The van der Waals surface area contributed by atoms with E-state index in [1.54, 1.807) is 4.90 Å². The number of H-pyrrole nitrogens is 1. The summed E-state index contributed by atoms with van der Waals surface area (Å²) in [5.41, 5.74) is 4.32. The summed E-state index contributed by atoms with van der Waals surface area (Å²) < 4.78 is 0. The van der Waals surface area contributed by atoms with Crippen LogP contribution in [-0.2, 0) is 21.4 Å². The zero-order chi connectivity index (χ0) is 28.6. The standard InChI is InChI=1S/C33H41N5O3/c1-37(2)30(39)26-20-33(27-13-7-5-12-25(26)27)15-17-38(18-16-33)31(40)29(36-32(41)35-23-9-3-4-10-23)19-22-21-34-28-14-8-6-11-24(22)28/h5-8,11-14,21,23,26,29,34H,3-4,9-10,15-20H2,1-2H3,(H2,35,36,41)/t26-,29?/m1/s1. The maximum Gasteiger partial charge on any atom is 0.315 e. The van der Waals surface area contributed by atoms with Gasteiger partial charge in [-0.25, -0.2) is 4.79 Å². The number of aromatic amines is 1. The highest BCUT2D eigenvalue weighted by Crippen LogP contribution is 2.52. The number of amides is 4. The van der Waals surface area contributed by atoms with Gasteiger partial charge in [0, 0.05) is 62.2 Å². The topological polar surface area (TPSA) is 97.5 Å². The maximum atomic E-state index is 14.1. The fourth-order valence-corrected chi connectivity index (χ4v) is 7.45. The average Bonchev–Trinajstić information content (AvgIpc) is 3.72. The number of nitrogens with zero attached hydrogens (tertiary/aromatic N) is 2. The third-order valence-corrected chi connectivity index (χ3v) is 9.67. The van der Waals surface area contributed by atoms with Gasteiger partial charge in [0.05, 0.1) is 5.92 Å². The molecule has 1 aromatic heterocycles. The summed E-state index contributed by atoms with van der Waals surface area (Å²) >= 11 is 0. The van der Waals surface area contributed by atoms with Crippen molar-refractivity contribution in [2.45, 2.75) is 74.8 Å². The van der Waals surface area contributed by atoms with Crippen molar-refractivity contribution in [3.05, 3.63) is 71.4 Å². The molecule has 2 heterocycles. The second-order valence-corrected chi connectivity index (χ2v) is 12.4. The highest BCUT2D eigenvalue weighted by Gasteiger charge is 2.48. The zero-order valence-electron chi connectivity index (χ0n) is 24.1. The van der Waals surface area contributed by atoms with Gasteiger partial charge < -0.3 is 25.4 Å². The van der Waals surface area contributed by atoms with Gasteiger partial charge in [0.2, 0.25) is 11.8 Å². The normalized spacial score (nSPS) is 20.6. The Morgan fingerprint density at radius 2 is 1.73 bits per heavy atom. The van der Waals surface area contributed by atoms with Gasteiger partial charge in [-0.05, 0) is 54.9 Å². The first-order valence-corrected chi connectivity index (χ1v) is 15.1. The van der Waals surface area contributed by atoms with Gasteiger partial charge in [-0.3, -0.25) is 9.59 Å². The van der Waals surface area contributed by atoms with Crippen molar-refractivity contribution < 1.29 is 14.4 Å². The summed E-state index contributed by atoms with van der Waals surface area (Å²) in [6, 6.07) is 15.6. The molecular weight excluding hydrogens is 514 g/mol. The second-order valence-electron chi connectivity index (χ2n) is 12.4. The fourth-order valence-electron chi connectivity index (χ4n) is 7.45. The lowest BCUT2D eigenvalue weighted by atomic mass is 9.73. The monoisotopic (exact) mass is 555 g/mol. The molecule has 3 aromatic rings. The van der Waals surface area contributed by atoms with Crippen LogP contribution in [0.5, 0.6) is 0 Å². The van der Waals surface area contributed by atoms with Crippen LogP contribution in [0.15, 0.2) is 54.7 Å². The number of likely N-dealkylation sites (tertiary alicyclic amines) is 1. The van der Waals surface area contributed by atoms with Crippen molar-refractivity contribution in [3.8, 4) is 0 Å². The number of benzene rings is 2. The van der Waals surface area contributed by atoms with E-state index in [2.05, 4.69) is 39.9 Å². The van der Waals surface area contributed by atoms with Crippen LogP contribution < -0.4 is 10.6 Å². The Kier molecular flexibility index (Phi) is 7.49. The summed E-state index contributed by atoms with van der Waals surface area (Å²) in [6.07, 6.45) is 9.00. The zero-order valence-corrected chi connectivity index (χ0v) is 24.1. The number of rotatable bonds is 6. The average molecular weight is 556 g/mol. The quantitative estimate of drug-likeness (QED) is 0.419. The Labute approximate surface area is 241 Å². The number of aromatic nitrogens is 1. The van der Waals surface area contributed by atoms with Crippen molar-refractivity contribution in [2.24, 2.45) is 0 Å². The highest BCUT2D eigenvalue weighted by molar-refractivity contribution is 5.90. The summed E-state index contributed by atoms with van der Waals surface area (Å²) in [6.45, 7) is 1.21. The number of carbonyl (C=O) groups is 3. The molecule has 3 aliphatic rings. The van der Waals surface area contributed by atoms with Crippen LogP contribution in [0.3, 0.4) is 0 Å². The molecule has 1 aliphatic heterocycles. The molecule has 2 aromatic carbocycles. The number of fused-ring (bicyclic) bond motifs is 3. The van der Waals surface area contributed by atoms with Crippen LogP contribution in [0.25, 0.3) is 10.9 Å². The molecule has 216 valence electrons. The second kappa shape index (κ2) is 11.2. The van der Waals surface area contributed by atoms with Gasteiger partial charge in [0.1, 0.15) is 6.04 Å². The van der Waals surface area contributed by atoms with E-state index in [0.717, 1.165) is 67.0 Å². The lowest BCUT2D eigenvalue weighted by Crippen LogP contribution is -2.55. The van der Waals surface area contributed by atoms with Crippen LogP contribution in [0.4, 0.5) is 4.79 Å². The van der Waals surface area contributed by atoms with E-state index >= 15 is 0 Å². The fraction of sp³-hybridized carbons (Fsp3) is 0.485. The first kappa shape index (κ1) is 27.4. The van der Waals surface area contributed by atoms with Gasteiger partial charge in [-0.1, -0.05) is 55.3 Å². The van der Waals surface area contributed by atoms with E-state index in [1.165, 1.54) is 5.56 Å². The number of hydrogen-bond donors (Lipinski definition) is 3. The molecule has 41 heavy (non-hydrogen) atoms. The van der Waals surface area contributed by atoms with Gasteiger partial charge in [0.15, 0.2) is 0 Å². The number of carbonyl (C=O) groups excluding carboxylic acids is 3. The Bertz CT molecular complexity index is 1430. The van der Waals surface area contributed by atoms with Crippen LogP contribution in [0.1, 0.15) is 67.6 Å². The molecule has 1 unspecified atom stereocenters. The summed E-state index contributed by atoms with van der Waals surface area (Å²) in [5, 5.41) is 7.21. The minimum atomic E-state index is -0.663. The molecule has 2 fully saturated rings.